The molecule has 18 heavy (non-hydrogen) atoms. The molecule has 0 bridgehead atoms. The van der Waals surface area contributed by atoms with Crippen molar-refractivity contribution in [2.45, 2.75) is 12.8 Å². The van der Waals surface area contributed by atoms with Gasteiger partial charge in [-0.15, -0.1) is 0 Å². The van der Waals surface area contributed by atoms with Crippen LogP contribution in [0.25, 0.3) is 11.1 Å². The van der Waals surface area contributed by atoms with E-state index in [1.165, 1.54) is 22.3 Å². The molecule has 0 spiro atoms. The summed E-state index contributed by atoms with van der Waals surface area (Å²) < 4.78 is 10.8. The Bertz CT molecular complexity index is 602. The summed E-state index contributed by atoms with van der Waals surface area (Å²) in [5.74, 6) is 2.01. The van der Waals surface area contributed by atoms with Crippen molar-refractivity contribution in [3.63, 3.8) is 0 Å². The SMILES string of the molecule is COc1cc2c(cc1OC)C(C)c1ccccc1-2. The third-order valence-electron chi connectivity index (χ3n) is 3.74. The molecule has 1 unspecified atom stereocenters. The number of hydrogen-bond acceptors (Lipinski definition) is 2. The Morgan fingerprint density at radius 2 is 1.50 bits per heavy atom. The molecule has 0 aromatic heterocycles. The molecule has 1 atom stereocenters. The molecule has 1 aliphatic carbocycles. The Balaban J connectivity index is 2.26. The molecule has 2 heteroatoms. The van der Waals surface area contributed by atoms with E-state index in [0.29, 0.717) is 5.92 Å². The highest BCUT2D eigenvalue weighted by molar-refractivity contribution is 5.81. The van der Waals surface area contributed by atoms with Gasteiger partial charge in [0.2, 0.25) is 0 Å². The molecule has 0 heterocycles. The van der Waals surface area contributed by atoms with E-state index in [-0.39, 0.29) is 0 Å². The molecule has 0 N–H and O–H groups in total. The molecule has 2 nitrogen and oxygen atoms in total. The number of fused-ring (bicyclic) bond motifs is 3. The summed E-state index contributed by atoms with van der Waals surface area (Å²) in [4.78, 5) is 0. The topological polar surface area (TPSA) is 18.5 Å². The summed E-state index contributed by atoms with van der Waals surface area (Å²) in [7, 11) is 3.35. The Morgan fingerprint density at radius 1 is 0.833 bits per heavy atom. The van der Waals surface area contributed by atoms with E-state index in [4.69, 9.17) is 9.47 Å². The van der Waals surface area contributed by atoms with Crippen molar-refractivity contribution in [2.75, 3.05) is 14.2 Å². The van der Waals surface area contributed by atoms with Crippen molar-refractivity contribution in [1.82, 2.24) is 0 Å². The Labute approximate surface area is 107 Å². The van der Waals surface area contributed by atoms with E-state index in [2.05, 4.69) is 43.3 Å². The van der Waals surface area contributed by atoms with Crippen molar-refractivity contribution < 1.29 is 9.47 Å². The maximum Gasteiger partial charge on any atom is 0.161 e. The minimum Gasteiger partial charge on any atom is -0.493 e. The van der Waals surface area contributed by atoms with Crippen molar-refractivity contribution in [3.8, 4) is 22.6 Å². The molecular weight excluding hydrogens is 224 g/mol. The zero-order valence-corrected chi connectivity index (χ0v) is 10.9. The average molecular weight is 240 g/mol. The maximum absolute atomic E-state index is 5.39. The number of methoxy groups -OCH3 is 2. The molecule has 0 aliphatic heterocycles. The molecule has 0 saturated carbocycles. The normalized spacial score (nSPS) is 16.1. The van der Waals surface area contributed by atoms with Crippen LogP contribution in [0.15, 0.2) is 36.4 Å². The number of ether oxygens (including phenoxy) is 2. The molecule has 0 fully saturated rings. The summed E-state index contributed by atoms with van der Waals surface area (Å²) in [6.07, 6.45) is 0. The zero-order valence-electron chi connectivity index (χ0n) is 10.9. The van der Waals surface area contributed by atoms with E-state index in [1.54, 1.807) is 14.2 Å². The molecule has 2 aromatic rings. The number of rotatable bonds is 2. The summed E-state index contributed by atoms with van der Waals surface area (Å²) in [6, 6.07) is 12.7. The van der Waals surface area contributed by atoms with Crippen LogP contribution in [0, 0.1) is 0 Å². The van der Waals surface area contributed by atoms with Crippen molar-refractivity contribution in [3.05, 3.63) is 47.5 Å². The fourth-order valence-electron chi connectivity index (χ4n) is 2.77. The minimum atomic E-state index is 0.413. The van der Waals surface area contributed by atoms with Crippen LogP contribution in [0.4, 0.5) is 0 Å². The lowest BCUT2D eigenvalue weighted by atomic mass is 9.99. The van der Waals surface area contributed by atoms with Crippen LogP contribution in [-0.4, -0.2) is 14.2 Å². The third-order valence-corrected chi connectivity index (χ3v) is 3.74. The highest BCUT2D eigenvalue weighted by atomic mass is 16.5. The molecule has 0 saturated heterocycles. The average Bonchev–Trinajstić information content (AvgIpc) is 2.71. The summed E-state index contributed by atoms with van der Waals surface area (Å²) >= 11 is 0. The van der Waals surface area contributed by atoms with Gasteiger partial charge in [0.1, 0.15) is 0 Å². The first kappa shape index (κ1) is 11.1. The second kappa shape index (κ2) is 4.05. The molecule has 0 amide bonds. The Kier molecular flexibility index (Phi) is 2.51. The van der Waals surface area contributed by atoms with Gasteiger partial charge in [0.15, 0.2) is 11.5 Å². The van der Waals surface area contributed by atoms with Gasteiger partial charge in [-0.3, -0.25) is 0 Å². The quantitative estimate of drug-likeness (QED) is 0.794. The fraction of sp³-hybridized carbons (Fsp3) is 0.250. The lowest BCUT2D eigenvalue weighted by molar-refractivity contribution is 0.354. The van der Waals surface area contributed by atoms with E-state index < -0.39 is 0 Å². The highest BCUT2D eigenvalue weighted by Gasteiger charge is 2.26. The van der Waals surface area contributed by atoms with Crippen LogP contribution in [0.2, 0.25) is 0 Å². The summed E-state index contributed by atoms with van der Waals surface area (Å²) in [6.45, 7) is 2.23. The predicted octanol–water partition coefficient (Wildman–Crippen LogP) is 3.84. The Hall–Kier alpha value is -1.96. The molecule has 0 radical (unpaired) electrons. The molecule has 3 rings (SSSR count). The fourth-order valence-corrected chi connectivity index (χ4v) is 2.77. The van der Waals surface area contributed by atoms with Crippen molar-refractivity contribution in [2.24, 2.45) is 0 Å². The van der Waals surface area contributed by atoms with Gasteiger partial charge >= 0.3 is 0 Å². The lowest BCUT2D eigenvalue weighted by Crippen LogP contribution is -1.94. The molecule has 1 aliphatic rings. The highest BCUT2D eigenvalue weighted by Crippen LogP contribution is 2.48. The van der Waals surface area contributed by atoms with E-state index in [1.807, 2.05) is 0 Å². The first-order valence-corrected chi connectivity index (χ1v) is 6.11. The van der Waals surface area contributed by atoms with Gasteiger partial charge in [-0.2, -0.15) is 0 Å². The second-order valence-electron chi connectivity index (χ2n) is 4.60. The maximum atomic E-state index is 5.39. The molecule has 92 valence electrons. The van der Waals surface area contributed by atoms with E-state index in [9.17, 15) is 0 Å². The monoisotopic (exact) mass is 240 g/mol. The lowest BCUT2D eigenvalue weighted by Gasteiger charge is -2.12. The van der Waals surface area contributed by atoms with Gasteiger partial charge in [0, 0.05) is 5.92 Å². The zero-order chi connectivity index (χ0) is 12.7. The first-order chi connectivity index (χ1) is 8.76. The largest absolute Gasteiger partial charge is 0.493 e. The minimum absolute atomic E-state index is 0.413. The molecular formula is C16H16O2. The van der Waals surface area contributed by atoms with E-state index in [0.717, 1.165) is 11.5 Å². The van der Waals surface area contributed by atoms with Gasteiger partial charge < -0.3 is 9.47 Å². The second-order valence-corrected chi connectivity index (χ2v) is 4.60. The smallest absolute Gasteiger partial charge is 0.161 e. The third kappa shape index (κ3) is 1.42. The van der Waals surface area contributed by atoms with Crippen LogP contribution in [0.3, 0.4) is 0 Å². The molecule has 2 aromatic carbocycles. The van der Waals surface area contributed by atoms with Crippen molar-refractivity contribution in [1.29, 1.82) is 0 Å². The van der Waals surface area contributed by atoms with Gasteiger partial charge in [0.25, 0.3) is 0 Å². The standard InChI is InChI=1S/C16H16O2/c1-10-11-6-4-5-7-12(11)14-9-16(18-3)15(17-2)8-13(10)14/h4-10H,1-3H3. The van der Waals surface area contributed by atoms with Gasteiger partial charge in [-0.1, -0.05) is 31.2 Å². The number of hydrogen-bond donors (Lipinski definition) is 0. The van der Waals surface area contributed by atoms with Gasteiger partial charge in [-0.25, -0.2) is 0 Å². The summed E-state index contributed by atoms with van der Waals surface area (Å²) in [5, 5.41) is 0. The predicted molar refractivity (Wildman–Crippen MR) is 72.5 cm³/mol. The summed E-state index contributed by atoms with van der Waals surface area (Å²) in [5.41, 5.74) is 5.26. The Morgan fingerprint density at radius 3 is 2.22 bits per heavy atom. The van der Waals surface area contributed by atoms with Crippen LogP contribution in [-0.2, 0) is 0 Å². The van der Waals surface area contributed by atoms with Gasteiger partial charge in [-0.05, 0) is 34.4 Å². The van der Waals surface area contributed by atoms with Crippen LogP contribution >= 0.6 is 0 Å². The first-order valence-electron chi connectivity index (χ1n) is 6.11. The van der Waals surface area contributed by atoms with Gasteiger partial charge in [0.05, 0.1) is 14.2 Å². The van der Waals surface area contributed by atoms with Crippen molar-refractivity contribution >= 4 is 0 Å². The van der Waals surface area contributed by atoms with Crippen LogP contribution in [0.1, 0.15) is 24.0 Å². The number of benzene rings is 2. The van der Waals surface area contributed by atoms with Crippen LogP contribution < -0.4 is 9.47 Å². The van der Waals surface area contributed by atoms with Crippen LogP contribution in [0.5, 0.6) is 11.5 Å². The van der Waals surface area contributed by atoms with E-state index >= 15 is 0 Å².